The third kappa shape index (κ3) is 1.99. The van der Waals surface area contributed by atoms with E-state index in [0.29, 0.717) is 0 Å². The molecule has 1 heterocycles. The molecule has 9 heteroatoms. The van der Waals surface area contributed by atoms with E-state index in [4.69, 9.17) is 4.55 Å². The molecule has 0 saturated heterocycles. The van der Waals surface area contributed by atoms with Gasteiger partial charge < -0.3 is 4.55 Å². The highest BCUT2D eigenvalue weighted by Crippen LogP contribution is 2.31. The Morgan fingerprint density at radius 1 is 1.42 bits per heavy atom. The van der Waals surface area contributed by atoms with Gasteiger partial charge in [-0.1, -0.05) is 11.3 Å². The van der Waals surface area contributed by atoms with Crippen molar-refractivity contribution in [2.24, 2.45) is 0 Å². The lowest BCUT2D eigenvalue weighted by Gasteiger charge is -1.96. The van der Waals surface area contributed by atoms with Gasteiger partial charge >= 0.3 is 6.18 Å². The summed E-state index contributed by atoms with van der Waals surface area (Å²) in [5.41, 5.74) is 0. The molecule has 0 saturated carbocycles. The van der Waals surface area contributed by atoms with Crippen LogP contribution in [0.2, 0.25) is 0 Å². The SMILES string of the molecule is O=S(O)c1nnc(C(F)(F)F)s1. The molecule has 0 bridgehead atoms. The first-order valence-corrected chi connectivity index (χ1v) is 4.35. The third-order valence-corrected chi connectivity index (χ3v) is 2.62. The van der Waals surface area contributed by atoms with Gasteiger partial charge in [-0.3, -0.25) is 0 Å². The first-order valence-electron chi connectivity index (χ1n) is 2.43. The van der Waals surface area contributed by atoms with Crippen molar-refractivity contribution in [3.8, 4) is 0 Å². The summed E-state index contributed by atoms with van der Waals surface area (Å²) in [5.74, 6) is 0. The van der Waals surface area contributed by atoms with Gasteiger partial charge in [0.2, 0.25) is 20.4 Å². The van der Waals surface area contributed by atoms with Crippen LogP contribution in [0.1, 0.15) is 5.01 Å². The molecule has 1 N–H and O–H groups in total. The molecule has 12 heavy (non-hydrogen) atoms. The lowest BCUT2D eigenvalue weighted by Crippen LogP contribution is -2.03. The first-order chi connectivity index (χ1) is 5.41. The highest BCUT2D eigenvalue weighted by Gasteiger charge is 2.36. The summed E-state index contributed by atoms with van der Waals surface area (Å²) in [6, 6.07) is 0. The Bertz CT molecular complexity index is 309. The van der Waals surface area contributed by atoms with E-state index in [9.17, 15) is 17.4 Å². The zero-order valence-corrected chi connectivity index (χ0v) is 6.83. The predicted octanol–water partition coefficient (Wildman–Crippen LogP) is 1.14. The largest absolute Gasteiger partial charge is 0.445 e. The molecule has 1 rings (SSSR count). The normalized spacial score (nSPS) is 14.7. The lowest BCUT2D eigenvalue weighted by molar-refractivity contribution is -0.138. The second-order valence-electron chi connectivity index (χ2n) is 1.62. The molecule has 1 unspecified atom stereocenters. The molecule has 1 atom stereocenters. The monoisotopic (exact) mass is 218 g/mol. The van der Waals surface area contributed by atoms with E-state index in [-0.39, 0.29) is 11.3 Å². The second-order valence-corrected chi connectivity index (χ2v) is 3.74. The standard InChI is InChI=1S/C3HF3N2O2S2/c4-3(5,6)1-7-8-2(11-1)12(9)10/h(H,9,10). The Labute approximate surface area is 70.7 Å². The summed E-state index contributed by atoms with van der Waals surface area (Å²) < 4.78 is 53.3. The Morgan fingerprint density at radius 2 is 2.00 bits per heavy atom. The highest BCUT2D eigenvalue weighted by molar-refractivity contribution is 7.81. The number of aromatic nitrogens is 2. The van der Waals surface area contributed by atoms with E-state index in [0.717, 1.165) is 0 Å². The Balaban J connectivity index is 3.00. The second kappa shape index (κ2) is 3.07. The van der Waals surface area contributed by atoms with Gasteiger partial charge in [0, 0.05) is 0 Å². The molecule has 0 aliphatic rings. The fourth-order valence-electron chi connectivity index (χ4n) is 0.395. The minimum absolute atomic E-state index is 0.0505. The molecule has 1 aromatic heterocycles. The lowest BCUT2D eigenvalue weighted by atomic mass is 10.7. The number of rotatable bonds is 1. The van der Waals surface area contributed by atoms with Crippen LogP contribution >= 0.6 is 11.3 Å². The van der Waals surface area contributed by atoms with Crippen molar-refractivity contribution >= 4 is 22.4 Å². The maximum absolute atomic E-state index is 11.8. The maximum atomic E-state index is 11.8. The van der Waals surface area contributed by atoms with Crippen LogP contribution < -0.4 is 0 Å². The van der Waals surface area contributed by atoms with E-state index < -0.39 is 26.6 Å². The Hall–Kier alpha value is -0.540. The highest BCUT2D eigenvalue weighted by atomic mass is 32.2. The van der Waals surface area contributed by atoms with Gasteiger partial charge in [0.25, 0.3) is 0 Å². The van der Waals surface area contributed by atoms with Crippen LogP contribution in [0.5, 0.6) is 0 Å². The van der Waals surface area contributed by atoms with Crippen molar-refractivity contribution < 1.29 is 21.9 Å². The fourth-order valence-corrected chi connectivity index (χ4v) is 1.47. The van der Waals surface area contributed by atoms with Crippen LogP contribution in [0.15, 0.2) is 4.34 Å². The number of halogens is 3. The molecule has 0 aromatic carbocycles. The van der Waals surface area contributed by atoms with Crippen molar-refractivity contribution in [1.29, 1.82) is 0 Å². The number of alkyl halides is 3. The van der Waals surface area contributed by atoms with E-state index in [2.05, 4.69) is 10.2 Å². The predicted molar refractivity (Wildman–Crippen MR) is 33.9 cm³/mol. The molecule has 68 valence electrons. The van der Waals surface area contributed by atoms with E-state index in [1.54, 1.807) is 0 Å². The van der Waals surface area contributed by atoms with E-state index >= 15 is 0 Å². The van der Waals surface area contributed by atoms with Gasteiger partial charge in [0.1, 0.15) is 0 Å². The van der Waals surface area contributed by atoms with Gasteiger partial charge in [0.05, 0.1) is 0 Å². The first kappa shape index (κ1) is 9.55. The minimum Gasteiger partial charge on any atom is -0.300 e. The Kier molecular flexibility index (Phi) is 2.44. The van der Waals surface area contributed by atoms with Gasteiger partial charge in [0.15, 0.2) is 0 Å². The third-order valence-electron chi connectivity index (χ3n) is 0.798. The molecule has 4 nitrogen and oxygen atoms in total. The minimum atomic E-state index is -4.60. The Morgan fingerprint density at radius 3 is 2.25 bits per heavy atom. The fraction of sp³-hybridized carbons (Fsp3) is 0.333. The average molecular weight is 218 g/mol. The number of nitrogens with zero attached hydrogens (tertiary/aromatic N) is 2. The summed E-state index contributed by atoms with van der Waals surface area (Å²) >= 11 is -2.45. The van der Waals surface area contributed by atoms with Crippen molar-refractivity contribution in [2.75, 3.05) is 0 Å². The zero-order chi connectivity index (χ0) is 9.35. The van der Waals surface area contributed by atoms with Gasteiger partial charge in [-0.05, 0) is 0 Å². The van der Waals surface area contributed by atoms with Gasteiger partial charge in [-0.15, -0.1) is 10.2 Å². The number of hydrogen-bond acceptors (Lipinski definition) is 4. The summed E-state index contributed by atoms with van der Waals surface area (Å²) in [7, 11) is 0. The molecular formula is C3HF3N2O2S2. The molecular weight excluding hydrogens is 217 g/mol. The summed E-state index contributed by atoms with van der Waals surface area (Å²) in [6.07, 6.45) is -4.60. The molecule has 0 spiro atoms. The quantitative estimate of drug-likeness (QED) is 0.718. The van der Waals surface area contributed by atoms with Crippen molar-refractivity contribution in [3.05, 3.63) is 5.01 Å². The van der Waals surface area contributed by atoms with Crippen LogP contribution in [0.3, 0.4) is 0 Å². The van der Waals surface area contributed by atoms with Gasteiger partial charge in [-0.2, -0.15) is 13.2 Å². The van der Waals surface area contributed by atoms with E-state index in [1.807, 2.05) is 0 Å². The van der Waals surface area contributed by atoms with Crippen LogP contribution in [-0.2, 0) is 17.3 Å². The van der Waals surface area contributed by atoms with Crippen molar-refractivity contribution in [3.63, 3.8) is 0 Å². The maximum Gasteiger partial charge on any atom is 0.445 e. The molecule has 1 aromatic rings. The van der Waals surface area contributed by atoms with Gasteiger partial charge in [-0.25, -0.2) is 4.21 Å². The molecule has 0 amide bonds. The smallest absolute Gasteiger partial charge is 0.300 e. The van der Waals surface area contributed by atoms with Crippen molar-refractivity contribution in [2.45, 2.75) is 10.5 Å². The van der Waals surface area contributed by atoms with Crippen LogP contribution in [0.4, 0.5) is 13.2 Å². The van der Waals surface area contributed by atoms with Crippen LogP contribution in [-0.4, -0.2) is 19.0 Å². The molecule has 0 radical (unpaired) electrons. The average Bonchev–Trinajstić information content (AvgIpc) is 2.30. The molecule has 0 aliphatic heterocycles. The number of hydrogen-bond donors (Lipinski definition) is 1. The molecule has 0 aliphatic carbocycles. The zero-order valence-electron chi connectivity index (χ0n) is 5.20. The van der Waals surface area contributed by atoms with E-state index in [1.165, 1.54) is 0 Å². The van der Waals surface area contributed by atoms with Crippen molar-refractivity contribution in [1.82, 2.24) is 10.2 Å². The summed E-state index contributed by atoms with van der Waals surface area (Å²) in [6.45, 7) is 0. The summed E-state index contributed by atoms with van der Waals surface area (Å²) in [4.78, 5) is 0. The molecule has 0 fully saturated rings. The van der Waals surface area contributed by atoms with Crippen LogP contribution in [0.25, 0.3) is 0 Å². The summed E-state index contributed by atoms with van der Waals surface area (Å²) in [5, 5.41) is 4.36. The van der Waals surface area contributed by atoms with Crippen LogP contribution in [0, 0.1) is 0 Å². The topological polar surface area (TPSA) is 63.1 Å².